The number of nitrogens with one attached hydrogen (secondary N) is 1. The zero-order chi connectivity index (χ0) is 24.8. The number of fused-ring (bicyclic) bond motifs is 1. The van der Waals surface area contributed by atoms with Gasteiger partial charge in [-0.2, -0.15) is 5.10 Å². The second-order valence-corrected chi connectivity index (χ2v) is 11.4. The minimum Gasteiger partial charge on any atom is -0.280 e. The summed E-state index contributed by atoms with van der Waals surface area (Å²) in [5, 5.41) is 7.81. The van der Waals surface area contributed by atoms with E-state index in [0.29, 0.717) is 17.1 Å². The Hall–Kier alpha value is -3.78. The fraction of sp³-hybridized carbons (Fsp3) is 0.250. The molecule has 0 bridgehead atoms. The lowest BCUT2D eigenvalue weighted by atomic mass is 9.69. The summed E-state index contributed by atoms with van der Waals surface area (Å²) in [6, 6.07) is 15.0. The van der Waals surface area contributed by atoms with Crippen LogP contribution >= 0.6 is 0 Å². The maximum atomic E-state index is 13.9. The molecule has 1 N–H and O–H groups in total. The molecule has 7 nitrogen and oxygen atoms in total. The van der Waals surface area contributed by atoms with Crippen LogP contribution in [0.25, 0.3) is 6.08 Å². The number of aryl methyl sites for hydroxylation is 1. The Labute approximate surface area is 211 Å². The van der Waals surface area contributed by atoms with Gasteiger partial charge in [0.25, 0.3) is 10.0 Å². The smallest absolute Gasteiger partial charge is 0.265 e. The molecule has 0 saturated heterocycles. The van der Waals surface area contributed by atoms with E-state index in [1.54, 1.807) is 41.2 Å². The maximum absolute atomic E-state index is 13.9. The van der Waals surface area contributed by atoms with Crippen LogP contribution in [0.3, 0.4) is 0 Å². The highest BCUT2D eigenvalue weighted by Crippen LogP contribution is 2.44. The third-order valence-electron chi connectivity index (χ3n) is 7.44. The molecule has 0 radical (unpaired) electrons. The lowest BCUT2D eigenvalue weighted by Gasteiger charge is -2.38. The van der Waals surface area contributed by atoms with Crippen molar-refractivity contribution in [2.75, 3.05) is 4.31 Å². The first-order valence-corrected chi connectivity index (χ1v) is 13.6. The van der Waals surface area contributed by atoms with E-state index >= 15 is 0 Å². The van der Waals surface area contributed by atoms with Gasteiger partial charge in [0.1, 0.15) is 0 Å². The highest BCUT2D eigenvalue weighted by molar-refractivity contribution is 7.92. The number of hydrogen-bond acceptors (Lipinski definition) is 5. The molecule has 8 heteroatoms. The van der Waals surface area contributed by atoms with Crippen LogP contribution in [0, 0.1) is 6.92 Å². The summed E-state index contributed by atoms with van der Waals surface area (Å²) in [4.78, 5) is 8.70. The molecule has 0 amide bonds. The molecule has 1 fully saturated rings. The van der Waals surface area contributed by atoms with Gasteiger partial charge in [-0.1, -0.05) is 29.8 Å². The van der Waals surface area contributed by atoms with Gasteiger partial charge in [-0.3, -0.25) is 15.1 Å². The number of anilines is 1. The van der Waals surface area contributed by atoms with Gasteiger partial charge in [0.15, 0.2) is 5.82 Å². The SMILES string of the molecule is Cc1ccc(S(=O)(=O)N(c2n[nH]c3c2C=CC(c2ccncc2)(c2ccncc2)C3)C2CCC2)cc1. The van der Waals surface area contributed by atoms with Crippen molar-refractivity contribution in [3.8, 4) is 0 Å². The number of aromatic amines is 1. The van der Waals surface area contributed by atoms with E-state index in [1.165, 1.54) is 0 Å². The lowest BCUT2D eigenvalue weighted by molar-refractivity contribution is 0.413. The molecule has 1 saturated carbocycles. The van der Waals surface area contributed by atoms with Crippen molar-refractivity contribution in [2.24, 2.45) is 0 Å². The summed E-state index contributed by atoms with van der Waals surface area (Å²) < 4.78 is 29.3. The van der Waals surface area contributed by atoms with E-state index < -0.39 is 15.4 Å². The minimum atomic E-state index is -3.77. The number of benzene rings is 1. The van der Waals surface area contributed by atoms with Gasteiger partial charge in [0, 0.05) is 53.9 Å². The molecule has 182 valence electrons. The predicted octanol–water partition coefficient (Wildman–Crippen LogP) is 4.81. The van der Waals surface area contributed by atoms with Crippen molar-refractivity contribution >= 4 is 21.9 Å². The maximum Gasteiger partial charge on any atom is 0.265 e. The van der Waals surface area contributed by atoms with Crippen LogP contribution in [0.2, 0.25) is 0 Å². The van der Waals surface area contributed by atoms with Crippen LogP contribution in [-0.4, -0.2) is 34.6 Å². The van der Waals surface area contributed by atoms with Crippen molar-refractivity contribution in [1.82, 2.24) is 20.2 Å². The zero-order valence-corrected chi connectivity index (χ0v) is 20.8. The van der Waals surface area contributed by atoms with E-state index in [1.807, 2.05) is 49.4 Å². The molecule has 2 aliphatic carbocycles. The standard InChI is InChI=1S/C28H27N5O2S/c1-20-5-7-24(8-6-20)36(34,35)33(23-3-2-4-23)27-25-9-14-28(19-26(25)31-32-27,21-10-15-29-16-11-21)22-12-17-30-18-13-22/h5-18,23H,2-4,19H2,1H3,(H,31,32). The zero-order valence-electron chi connectivity index (χ0n) is 20.0. The topological polar surface area (TPSA) is 91.8 Å². The van der Waals surface area contributed by atoms with E-state index in [9.17, 15) is 8.42 Å². The van der Waals surface area contributed by atoms with E-state index in [-0.39, 0.29) is 6.04 Å². The second kappa shape index (κ2) is 8.71. The highest BCUT2D eigenvalue weighted by Gasteiger charge is 2.41. The summed E-state index contributed by atoms with van der Waals surface area (Å²) in [6.07, 6.45) is 14.7. The molecule has 0 aliphatic heterocycles. The molecule has 0 unspecified atom stereocenters. The molecule has 1 aromatic carbocycles. The monoisotopic (exact) mass is 497 g/mol. The van der Waals surface area contributed by atoms with Crippen LogP contribution in [0.1, 0.15) is 47.2 Å². The van der Waals surface area contributed by atoms with Crippen molar-refractivity contribution < 1.29 is 8.42 Å². The van der Waals surface area contributed by atoms with Crippen molar-refractivity contribution in [2.45, 2.75) is 49.0 Å². The van der Waals surface area contributed by atoms with Gasteiger partial charge >= 0.3 is 0 Å². The summed E-state index contributed by atoms with van der Waals surface area (Å²) in [5.41, 5.74) is 4.52. The Kier molecular flexibility index (Phi) is 5.48. The van der Waals surface area contributed by atoms with Gasteiger partial charge in [-0.25, -0.2) is 12.7 Å². The molecular formula is C28H27N5O2S. The molecule has 3 aromatic heterocycles. The van der Waals surface area contributed by atoms with Crippen molar-refractivity contribution in [1.29, 1.82) is 0 Å². The van der Waals surface area contributed by atoms with Crippen LogP contribution in [0.5, 0.6) is 0 Å². The normalized spacial score (nSPS) is 16.8. The molecule has 6 rings (SSSR count). The Balaban J connectivity index is 1.46. The molecular weight excluding hydrogens is 470 g/mol. The molecule has 0 spiro atoms. The molecule has 0 atom stereocenters. The third kappa shape index (κ3) is 3.64. The second-order valence-electron chi connectivity index (χ2n) is 9.59. The number of hydrogen-bond donors (Lipinski definition) is 1. The number of nitrogens with zero attached hydrogens (tertiary/aromatic N) is 4. The summed E-state index contributed by atoms with van der Waals surface area (Å²) in [5.74, 6) is 0.476. The van der Waals surface area contributed by atoms with E-state index in [0.717, 1.165) is 47.2 Å². The van der Waals surface area contributed by atoms with Crippen molar-refractivity contribution in [3.05, 3.63) is 107 Å². The van der Waals surface area contributed by atoms with Gasteiger partial charge < -0.3 is 0 Å². The quantitative estimate of drug-likeness (QED) is 0.413. The van der Waals surface area contributed by atoms with E-state index in [2.05, 4.69) is 26.2 Å². The van der Waals surface area contributed by atoms with Gasteiger partial charge in [0.2, 0.25) is 0 Å². The number of sulfonamides is 1. The van der Waals surface area contributed by atoms with Crippen LogP contribution in [0.4, 0.5) is 5.82 Å². The minimum absolute atomic E-state index is 0.0933. The highest BCUT2D eigenvalue weighted by atomic mass is 32.2. The average Bonchev–Trinajstić information content (AvgIpc) is 3.29. The van der Waals surface area contributed by atoms with Crippen LogP contribution < -0.4 is 4.31 Å². The Bertz CT molecular complexity index is 1470. The first-order valence-electron chi connectivity index (χ1n) is 12.2. The molecule has 36 heavy (non-hydrogen) atoms. The summed E-state index contributed by atoms with van der Waals surface area (Å²) in [6.45, 7) is 1.95. The Morgan fingerprint density at radius 3 is 2.08 bits per heavy atom. The number of allylic oxidation sites excluding steroid dienone is 1. The number of pyridine rings is 2. The molecule has 3 heterocycles. The molecule has 2 aliphatic rings. The predicted molar refractivity (Wildman–Crippen MR) is 139 cm³/mol. The number of rotatable bonds is 6. The first kappa shape index (κ1) is 22.7. The van der Waals surface area contributed by atoms with Crippen LogP contribution in [-0.2, 0) is 21.9 Å². The van der Waals surface area contributed by atoms with E-state index in [4.69, 9.17) is 0 Å². The van der Waals surface area contributed by atoms with Crippen LogP contribution in [0.15, 0.2) is 84.3 Å². The fourth-order valence-electron chi connectivity index (χ4n) is 5.21. The fourth-order valence-corrected chi connectivity index (χ4v) is 6.88. The number of H-pyrrole nitrogens is 1. The van der Waals surface area contributed by atoms with Gasteiger partial charge in [-0.15, -0.1) is 0 Å². The van der Waals surface area contributed by atoms with Gasteiger partial charge in [0.05, 0.1) is 4.90 Å². The largest absolute Gasteiger partial charge is 0.280 e. The Morgan fingerprint density at radius 2 is 1.53 bits per heavy atom. The number of aromatic nitrogens is 4. The first-order chi connectivity index (χ1) is 17.5. The lowest BCUT2D eigenvalue weighted by Crippen LogP contribution is -2.45. The third-order valence-corrected chi connectivity index (χ3v) is 9.29. The van der Waals surface area contributed by atoms with Gasteiger partial charge in [-0.05, 0) is 73.7 Å². The summed E-state index contributed by atoms with van der Waals surface area (Å²) >= 11 is 0. The average molecular weight is 498 g/mol. The molecule has 4 aromatic rings. The van der Waals surface area contributed by atoms with Crippen molar-refractivity contribution in [3.63, 3.8) is 0 Å². The summed E-state index contributed by atoms with van der Waals surface area (Å²) in [7, 11) is -3.77. The Morgan fingerprint density at radius 1 is 0.917 bits per heavy atom.